The highest BCUT2D eigenvalue weighted by Gasteiger charge is 2.20. The molecule has 1 fully saturated rings. The van der Waals surface area contributed by atoms with E-state index < -0.39 is 0 Å². The number of carbonyl (C=O) groups excluding carboxylic acids is 1. The van der Waals surface area contributed by atoms with Gasteiger partial charge in [-0.2, -0.15) is 0 Å². The van der Waals surface area contributed by atoms with Gasteiger partial charge in [0, 0.05) is 5.92 Å². The maximum atomic E-state index is 11.7. The second-order valence-electron chi connectivity index (χ2n) is 4.29. The van der Waals surface area contributed by atoms with Crippen molar-refractivity contribution in [3.05, 3.63) is 11.5 Å². The van der Waals surface area contributed by atoms with E-state index in [-0.39, 0.29) is 0 Å². The molecule has 0 N–H and O–H groups in total. The van der Waals surface area contributed by atoms with Crippen molar-refractivity contribution in [1.82, 2.24) is 0 Å². The van der Waals surface area contributed by atoms with Gasteiger partial charge in [0.15, 0.2) is 5.12 Å². The minimum absolute atomic E-state index is 0.347. The van der Waals surface area contributed by atoms with Crippen molar-refractivity contribution < 1.29 is 4.79 Å². The normalized spacial score (nSPS) is 18.5. The van der Waals surface area contributed by atoms with Crippen LogP contribution >= 0.6 is 11.8 Å². The first-order valence-corrected chi connectivity index (χ1v) is 7.08. The molecule has 0 amide bonds. The molecule has 1 aliphatic carbocycles. The lowest BCUT2D eigenvalue weighted by atomic mass is 9.90. The third-order valence-corrected chi connectivity index (χ3v) is 3.84. The van der Waals surface area contributed by atoms with E-state index in [0.717, 1.165) is 19.3 Å². The molecule has 0 aliphatic heterocycles. The van der Waals surface area contributed by atoms with Gasteiger partial charge in [0.25, 0.3) is 0 Å². The van der Waals surface area contributed by atoms with Crippen LogP contribution in [0.25, 0.3) is 0 Å². The smallest absolute Gasteiger partial charge is 0.196 e. The zero-order valence-corrected chi connectivity index (χ0v) is 10.5. The summed E-state index contributed by atoms with van der Waals surface area (Å²) in [6.07, 6.45) is 11.8. The predicted molar refractivity (Wildman–Crippen MR) is 67.8 cm³/mol. The van der Waals surface area contributed by atoms with Crippen molar-refractivity contribution in [3.63, 3.8) is 0 Å². The molecule has 2 heteroatoms. The molecule has 1 nitrogen and oxygen atoms in total. The summed E-state index contributed by atoms with van der Waals surface area (Å²) in [5.41, 5.74) is 0. The zero-order chi connectivity index (χ0) is 10.9. The summed E-state index contributed by atoms with van der Waals surface area (Å²) in [7, 11) is 0. The summed E-state index contributed by atoms with van der Waals surface area (Å²) in [6.45, 7) is 2.19. The van der Waals surface area contributed by atoms with Gasteiger partial charge in [-0.25, -0.2) is 0 Å². The van der Waals surface area contributed by atoms with Crippen LogP contribution in [0.1, 0.15) is 58.3 Å². The van der Waals surface area contributed by atoms with Crippen molar-refractivity contribution in [3.8, 4) is 0 Å². The Morgan fingerprint density at radius 3 is 2.73 bits per heavy atom. The van der Waals surface area contributed by atoms with Gasteiger partial charge in [-0.05, 0) is 24.7 Å². The van der Waals surface area contributed by atoms with Gasteiger partial charge >= 0.3 is 0 Å². The summed E-state index contributed by atoms with van der Waals surface area (Å²) < 4.78 is 0. The first-order chi connectivity index (χ1) is 7.34. The Morgan fingerprint density at radius 1 is 1.33 bits per heavy atom. The number of unbranched alkanes of at least 4 members (excludes halogenated alkanes) is 2. The number of allylic oxidation sites excluding steroid dienone is 1. The second kappa shape index (κ2) is 7.98. The third-order valence-electron chi connectivity index (χ3n) is 2.94. The molecule has 86 valence electrons. The topological polar surface area (TPSA) is 17.1 Å². The number of thioether (sulfide) groups is 1. The van der Waals surface area contributed by atoms with Crippen molar-refractivity contribution >= 4 is 16.9 Å². The SMILES string of the molecule is CCCC/C=C\SC(=O)C1CCCCC1. The Bertz CT molecular complexity index is 205. The van der Waals surface area contributed by atoms with E-state index in [2.05, 4.69) is 13.0 Å². The average molecular weight is 226 g/mol. The fourth-order valence-electron chi connectivity index (χ4n) is 1.94. The molecule has 0 heterocycles. The molecule has 0 atom stereocenters. The molecular weight excluding hydrogens is 204 g/mol. The molecule has 0 unspecified atom stereocenters. The summed E-state index contributed by atoms with van der Waals surface area (Å²) in [6, 6.07) is 0. The van der Waals surface area contributed by atoms with Crippen LogP contribution in [-0.4, -0.2) is 5.12 Å². The van der Waals surface area contributed by atoms with Gasteiger partial charge in [-0.1, -0.05) is 56.9 Å². The first-order valence-electron chi connectivity index (χ1n) is 6.20. The van der Waals surface area contributed by atoms with Crippen molar-refractivity contribution in [2.24, 2.45) is 5.92 Å². The molecule has 0 aromatic heterocycles. The maximum absolute atomic E-state index is 11.7. The molecule has 0 bridgehead atoms. The van der Waals surface area contributed by atoms with E-state index in [0.29, 0.717) is 11.0 Å². The average Bonchev–Trinajstić information content (AvgIpc) is 2.30. The minimum atomic E-state index is 0.347. The van der Waals surface area contributed by atoms with E-state index in [9.17, 15) is 4.79 Å². The highest BCUT2D eigenvalue weighted by molar-refractivity contribution is 8.16. The van der Waals surface area contributed by atoms with Gasteiger partial charge in [0.2, 0.25) is 0 Å². The number of hydrogen-bond donors (Lipinski definition) is 0. The largest absolute Gasteiger partial charge is 0.287 e. The number of carbonyl (C=O) groups is 1. The standard InChI is InChI=1S/C13H22OS/c1-2-3-4-8-11-15-13(14)12-9-6-5-7-10-12/h8,11-12H,2-7,9-10H2,1H3/b11-8-. The van der Waals surface area contributed by atoms with Gasteiger partial charge in [-0.15, -0.1) is 0 Å². The fourth-order valence-corrected chi connectivity index (χ4v) is 2.73. The molecule has 0 spiro atoms. The predicted octanol–water partition coefficient (Wildman–Crippen LogP) is 4.53. The molecule has 0 aromatic rings. The quantitative estimate of drug-likeness (QED) is 0.641. The summed E-state index contributed by atoms with van der Waals surface area (Å²) >= 11 is 1.41. The molecular formula is C13H22OS. The van der Waals surface area contributed by atoms with Gasteiger partial charge < -0.3 is 0 Å². The summed E-state index contributed by atoms with van der Waals surface area (Å²) in [4.78, 5) is 11.7. The van der Waals surface area contributed by atoms with Crippen LogP contribution in [0, 0.1) is 5.92 Å². The molecule has 0 saturated heterocycles. The third kappa shape index (κ3) is 5.41. The van der Waals surface area contributed by atoms with Crippen LogP contribution in [0.3, 0.4) is 0 Å². The van der Waals surface area contributed by atoms with Crippen LogP contribution in [0.4, 0.5) is 0 Å². The van der Waals surface area contributed by atoms with E-state index in [1.54, 1.807) is 0 Å². The lowest BCUT2D eigenvalue weighted by Crippen LogP contribution is -2.13. The Balaban J connectivity index is 2.14. The Morgan fingerprint density at radius 2 is 2.07 bits per heavy atom. The Labute approximate surface area is 97.7 Å². The van der Waals surface area contributed by atoms with Crippen LogP contribution < -0.4 is 0 Å². The molecule has 1 rings (SSSR count). The van der Waals surface area contributed by atoms with E-state index in [4.69, 9.17) is 0 Å². The fraction of sp³-hybridized carbons (Fsp3) is 0.769. The van der Waals surface area contributed by atoms with Crippen LogP contribution in [0.5, 0.6) is 0 Å². The minimum Gasteiger partial charge on any atom is -0.287 e. The van der Waals surface area contributed by atoms with Crippen LogP contribution in [0.2, 0.25) is 0 Å². The highest BCUT2D eigenvalue weighted by atomic mass is 32.2. The lowest BCUT2D eigenvalue weighted by Gasteiger charge is -2.18. The van der Waals surface area contributed by atoms with Gasteiger partial charge in [0.1, 0.15) is 0 Å². The van der Waals surface area contributed by atoms with Crippen LogP contribution in [-0.2, 0) is 4.79 Å². The first kappa shape index (κ1) is 12.8. The van der Waals surface area contributed by atoms with Crippen molar-refractivity contribution in [1.29, 1.82) is 0 Å². The maximum Gasteiger partial charge on any atom is 0.196 e. The molecule has 0 aromatic carbocycles. The van der Waals surface area contributed by atoms with Gasteiger partial charge in [-0.3, -0.25) is 4.79 Å². The van der Waals surface area contributed by atoms with E-state index in [1.165, 1.54) is 43.9 Å². The Hall–Kier alpha value is -0.240. The number of rotatable bonds is 5. The molecule has 15 heavy (non-hydrogen) atoms. The van der Waals surface area contributed by atoms with Crippen molar-refractivity contribution in [2.75, 3.05) is 0 Å². The molecule has 1 aliphatic rings. The van der Waals surface area contributed by atoms with E-state index >= 15 is 0 Å². The molecule has 1 saturated carbocycles. The van der Waals surface area contributed by atoms with Gasteiger partial charge in [0.05, 0.1) is 0 Å². The van der Waals surface area contributed by atoms with Crippen molar-refractivity contribution in [2.45, 2.75) is 58.3 Å². The Kier molecular flexibility index (Phi) is 6.82. The van der Waals surface area contributed by atoms with E-state index in [1.807, 2.05) is 5.41 Å². The second-order valence-corrected chi connectivity index (χ2v) is 5.20. The highest BCUT2D eigenvalue weighted by Crippen LogP contribution is 2.28. The van der Waals surface area contributed by atoms with Crippen LogP contribution in [0.15, 0.2) is 11.5 Å². The lowest BCUT2D eigenvalue weighted by molar-refractivity contribution is -0.115. The monoisotopic (exact) mass is 226 g/mol. The summed E-state index contributed by atoms with van der Waals surface area (Å²) in [5, 5.41) is 2.38. The number of hydrogen-bond acceptors (Lipinski definition) is 2. The summed E-state index contributed by atoms with van der Waals surface area (Å²) in [5.74, 6) is 0.347. The zero-order valence-electron chi connectivity index (χ0n) is 9.71. The molecule has 0 radical (unpaired) electrons.